The number of aliphatic hydroxyl groups excluding tert-OH is 1. The van der Waals surface area contributed by atoms with Crippen molar-refractivity contribution in [3.63, 3.8) is 0 Å². The highest BCUT2D eigenvalue weighted by Crippen LogP contribution is 2.52. The third kappa shape index (κ3) is 6.77. The second kappa shape index (κ2) is 13.3. The van der Waals surface area contributed by atoms with Crippen LogP contribution >= 0.6 is 23.2 Å². The molecule has 3 atom stereocenters. The number of fused-ring (bicyclic) bond motifs is 6. The fourth-order valence-corrected chi connectivity index (χ4v) is 4.79. The van der Waals surface area contributed by atoms with E-state index in [0.717, 1.165) is 25.7 Å². The van der Waals surface area contributed by atoms with Gasteiger partial charge >= 0.3 is 0 Å². The van der Waals surface area contributed by atoms with E-state index in [2.05, 4.69) is 13.8 Å². The summed E-state index contributed by atoms with van der Waals surface area (Å²) in [7, 11) is 0. The first-order chi connectivity index (χ1) is 17.9. The predicted octanol–water partition coefficient (Wildman–Crippen LogP) is 7.12. The summed E-state index contributed by atoms with van der Waals surface area (Å²) in [6.07, 6.45) is 2.02. The summed E-state index contributed by atoms with van der Waals surface area (Å²) in [5.41, 5.74) is 1.96. The van der Waals surface area contributed by atoms with E-state index >= 15 is 0 Å². The number of hydrogen-bond donors (Lipinski definition) is 1. The zero-order valence-corrected chi connectivity index (χ0v) is 22.8. The van der Waals surface area contributed by atoms with Gasteiger partial charge in [0, 0.05) is 48.3 Å². The smallest absolute Gasteiger partial charge is 0.234 e. The molecule has 0 fully saturated rings. The number of ether oxygens (including phenoxy) is 5. The normalized spacial score (nSPS) is 18.4. The molecule has 0 radical (unpaired) electrons. The van der Waals surface area contributed by atoms with Gasteiger partial charge in [-0.1, -0.05) is 49.9 Å². The average Bonchev–Trinajstić information content (AvgIpc) is 2.88. The van der Waals surface area contributed by atoms with Crippen molar-refractivity contribution in [3.8, 4) is 11.5 Å². The van der Waals surface area contributed by atoms with Crippen molar-refractivity contribution in [3.05, 3.63) is 56.6 Å². The first kappa shape index (κ1) is 28.1. The lowest BCUT2D eigenvalue weighted by Gasteiger charge is -2.39. The van der Waals surface area contributed by atoms with Gasteiger partial charge in [-0.25, -0.2) is 0 Å². The standard InChI is InChI=1S/C28H34Cl2O7/c1-3-5-9-33-11-7-23(31)19-13-17(29)15-21-25(19)35-28-22-16-18(30)14-20(26(22)36-27(21)37-28)24(32)8-12-34-10-6-4-2/h13-16,23,27-28,31H,3-12H2,1-2H3. The quantitative estimate of drug-likeness (QED) is 0.197. The summed E-state index contributed by atoms with van der Waals surface area (Å²) in [4.78, 5) is 13.1. The van der Waals surface area contributed by atoms with Crippen LogP contribution in [0.4, 0.5) is 0 Å². The van der Waals surface area contributed by atoms with Crippen molar-refractivity contribution in [1.82, 2.24) is 0 Å². The van der Waals surface area contributed by atoms with Gasteiger partial charge in [0.15, 0.2) is 5.78 Å². The number of rotatable bonds is 14. The molecule has 0 saturated carbocycles. The van der Waals surface area contributed by atoms with Gasteiger partial charge in [-0.15, -0.1) is 0 Å². The number of ketones is 1. The first-order valence-electron chi connectivity index (χ1n) is 12.9. The summed E-state index contributed by atoms with van der Waals surface area (Å²) >= 11 is 12.8. The molecule has 2 bridgehead atoms. The minimum Gasteiger partial charge on any atom is -0.459 e. The van der Waals surface area contributed by atoms with E-state index in [1.54, 1.807) is 24.3 Å². The highest BCUT2D eigenvalue weighted by Gasteiger charge is 2.41. The number of aliphatic hydroxyl groups is 1. The lowest BCUT2D eigenvalue weighted by Crippen LogP contribution is -2.32. The van der Waals surface area contributed by atoms with Gasteiger partial charge in [-0.2, -0.15) is 0 Å². The molecule has 2 aromatic rings. The van der Waals surface area contributed by atoms with E-state index in [1.165, 1.54) is 0 Å². The first-order valence-corrected chi connectivity index (χ1v) is 13.7. The Morgan fingerprint density at radius 3 is 2.16 bits per heavy atom. The zero-order chi connectivity index (χ0) is 26.4. The monoisotopic (exact) mass is 552 g/mol. The van der Waals surface area contributed by atoms with Crippen LogP contribution in [0.2, 0.25) is 10.0 Å². The molecule has 2 heterocycles. The molecule has 37 heavy (non-hydrogen) atoms. The molecule has 2 aromatic carbocycles. The van der Waals surface area contributed by atoms with Crippen LogP contribution < -0.4 is 9.47 Å². The number of unbranched alkanes of at least 4 members (excludes halogenated alkanes) is 2. The molecular formula is C28H34Cl2O7. The number of benzene rings is 2. The van der Waals surface area contributed by atoms with Crippen LogP contribution in [0.3, 0.4) is 0 Å². The van der Waals surface area contributed by atoms with Crippen molar-refractivity contribution in [2.24, 2.45) is 0 Å². The van der Waals surface area contributed by atoms with E-state index in [-0.39, 0.29) is 12.2 Å². The minimum absolute atomic E-state index is 0.138. The third-order valence-electron chi connectivity index (χ3n) is 6.35. The molecule has 4 rings (SSSR count). The number of hydrogen-bond acceptors (Lipinski definition) is 7. The van der Waals surface area contributed by atoms with Gasteiger partial charge in [0.25, 0.3) is 0 Å². The zero-order valence-electron chi connectivity index (χ0n) is 21.3. The van der Waals surface area contributed by atoms with Gasteiger partial charge < -0.3 is 24.1 Å². The molecule has 0 amide bonds. The van der Waals surface area contributed by atoms with Crippen LogP contribution in [-0.2, 0) is 14.2 Å². The molecule has 0 aliphatic carbocycles. The molecule has 0 saturated heterocycles. The van der Waals surface area contributed by atoms with E-state index in [4.69, 9.17) is 46.9 Å². The van der Waals surface area contributed by atoms with Crippen molar-refractivity contribution in [2.45, 2.75) is 71.1 Å². The van der Waals surface area contributed by atoms with Crippen molar-refractivity contribution in [2.75, 3.05) is 26.4 Å². The molecule has 9 heteroatoms. The Bertz CT molecular complexity index is 1090. The summed E-state index contributed by atoms with van der Waals surface area (Å²) in [5.74, 6) is 0.691. The SMILES string of the molecule is CCCCOCCC(=O)c1cc(Cl)cc2c1OC1OC2Oc2c(C(O)CCOCCCC)cc(Cl)cc21. The fourth-order valence-electron chi connectivity index (χ4n) is 4.33. The molecule has 0 spiro atoms. The van der Waals surface area contributed by atoms with E-state index in [0.29, 0.717) is 76.6 Å². The van der Waals surface area contributed by atoms with Gasteiger partial charge in [-0.3, -0.25) is 9.53 Å². The van der Waals surface area contributed by atoms with Gasteiger partial charge in [0.1, 0.15) is 11.5 Å². The average molecular weight is 553 g/mol. The van der Waals surface area contributed by atoms with E-state index < -0.39 is 18.7 Å². The third-order valence-corrected chi connectivity index (χ3v) is 6.79. The number of carbonyl (C=O) groups is 1. The summed E-state index contributed by atoms with van der Waals surface area (Å²) in [6.45, 7) is 6.19. The molecular weight excluding hydrogens is 519 g/mol. The van der Waals surface area contributed by atoms with Gasteiger partial charge in [0.05, 0.1) is 29.4 Å². The van der Waals surface area contributed by atoms with Crippen molar-refractivity contribution in [1.29, 1.82) is 0 Å². The summed E-state index contributed by atoms with van der Waals surface area (Å²) in [5, 5.41) is 11.7. The summed E-state index contributed by atoms with van der Waals surface area (Å²) in [6, 6.07) is 6.65. The Morgan fingerprint density at radius 2 is 1.49 bits per heavy atom. The van der Waals surface area contributed by atoms with Crippen LogP contribution in [0, 0.1) is 0 Å². The topological polar surface area (TPSA) is 83.5 Å². The highest BCUT2D eigenvalue weighted by molar-refractivity contribution is 6.31. The molecule has 2 aliphatic rings. The second-order valence-electron chi connectivity index (χ2n) is 9.23. The maximum atomic E-state index is 13.1. The Morgan fingerprint density at radius 1 is 0.892 bits per heavy atom. The van der Waals surface area contributed by atoms with Crippen molar-refractivity contribution >= 4 is 29.0 Å². The molecule has 0 aromatic heterocycles. The maximum absolute atomic E-state index is 13.1. The molecule has 2 aliphatic heterocycles. The Kier molecular flexibility index (Phi) is 10.1. The van der Waals surface area contributed by atoms with Crippen LogP contribution in [0.15, 0.2) is 24.3 Å². The number of carbonyl (C=O) groups excluding carboxylic acids is 1. The Labute approximate surface area is 227 Å². The van der Waals surface area contributed by atoms with E-state index in [1.807, 2.05) is 0 Å². The Hall–Kier alpha value is -1.87. The number of Topliss-reactive ketones (excluding diaryl/α,β-unsaturated/α-hetero) is 1. The van der Waals surface area contributed by atoms with Crippen LogP contribution in [0.5, 0.6) is 11.5 Å². The van der Waals surface area contributed by atoms with Crippen molar-refractivity contribution < 1.29 is 33.6 Å². The maximum Gasteiger partial charge on any atom is 0.234 e. The lowest BCUT2D eigenvalue weighted by atomic mass is 9.98. The molecule has 1 N–H and O–H groups in total. The van der Waals surface area contributed by atoms with Gasteiger partial charge in [-0.05, 0) is 37.1 Å². The number of halogens is 2. The van der Waals surface area contributed by atoms with E-state index in [9.17, 15) is 9.90 Å². The van der Waals surface area contributed by atoms with Crippen LogP contribution in [0.25, 0.3) is 0 Å². The van der Waals surface area contributed by atoms with Gasteiger partial charge in [0.2, 0.25) is 12.6 Å². The lowest BCUT2D eigenvalue weighted by molar-refractivity contribution is -0.228. The minimum atomic E-state index is -0.861. The molecule has 3 unspecified atom stereocenters. The summed E-state index contributed by atoms with van der Waals surface area (Å²) < 4.78 is 29.6. The highest BCUT2D eigenvalue weighted by atomic mass is 35.5. The largest absolute Gasteiger partial charge is 0.459 e. The predicted molar refractivity (Wildman–Crippen MR) is 141 cm³/mol. The fraction of sp³-hybridized carbons (Fsp3) is 0.536. The molecule has 7 nitrogen and oxygen atoms in total. The van der Waals surface area contributed by atoms with Crippen LogP contribution in [-0.4, -0.2) is 37.3 Å². The molecule has 202 valence electrons. The van der Waals surface area contributed by atoms with Crippen LogP contribution in [0.1, 0.15) is 98.1 Å². The second-order valence-corrected chi connectivity index (χ2v) is 10.1. The Balaban J connectivity index is 1.55.